The Bertz CT molecular complexity index is 830. The van der Waals surface area contributed by atoms with Gasteiger partial charge in [0.05, 0.1) is 6.61 Å². The molecule has 3 aromatic carbocycles. The summed E-state index contributed by atoms with van der Waals surface area (Å²) in [5.41, 5.74) is 4.22. The average molecular weight is 416 g/mol. The van der Waals surface area contributed by atoms with Crippen LogP contribution in [0.3, 0.4) is 0 Å². The van der Waals surface area contributed by atoms with Gasteiger partial charge in [-0.2, -0.15) is 0 Å². The minimum absolute atomic E-state index is 0.767. The molecule has 0 saturated carbocycles. The van der Waals surface area contributed by atoms with Gasteiger partial charge >= 0.3 is 0 Å². The highest BCUT2D eigenvalue weighted by atomic mass is 16.5. The molecular weight excluding hydrogens is 378 g/mol. The van der Waals surface area contributed by atoms with Crippen molar-refractivity contribution >= 4 is 0 Å². The van der Waals surface area contributed by atoms with Crippen molar-refractivity contribution in [1.29, 1.82) is 0 Å². The molecule has 0 aliphatic rings. The summed E-state index contributed by atoms with van der Waals surface area (Å²) in [6.07, 6.45) is 6.85. The fraction of sp³-hybridized carbons (Fsp3) is 0.379. The summed E-state index contributed by atoms with van der Waals surface area (Å²) in [7, 11) is 0. The van der Waals surface area contributed by atoms with Crippen LogP contribution in [0.1, 0.15) is 42.9 Å². The Hall–Kier alpha value is -2.58. The van der Waals surface area contributed by atoms with Crippen molar-refractivity contribution in [2.75, 3.05) is 26.2 Å². The van der Waals surface area contributed by atoms with Crippen molar-refractivity contribution in [3.05, 3.63) is 102 Å². The topological polar surface area (TPSA) is 12.5 Å². The molecule has 0 bridgehead atoms. The summed E-state index contributed by atoms with van der Waals surface area (Å²) >= 11 is 0. The smallest absolute Gasteiger partial charge is 0.119 e. The Labute approximate surface area is 188 Å². The van der Waals surface area contributed by atoms with Gasteiger partial charge in [0.15, 0.2) is 0 Å². The zero-order valence-electron chi connectivity index (χ0n) is 19.0. The first-order chi connectivity index (χ1) is 15.3. The molecule has 0 unspecified atom stereocenters. The monoisotopic (exact) mass is 415 g/mol. The Morgan fingerprint density at radius 1 is 0.581 bits per heavy atom. The van der Waals surface area contributed by atoms with Crippen LogP contribution in [0.5, 0.6) is 5.75 Å². The first-order valence-corrected chi connectivity index (χ1v) is 11.9. The van der Waals surface area contributed by atoms with Crippen LogP contribution in [0.4, 0.5) is 0 Å². The summed E-state index contributed by atoms with van der Waals surface area (Å²) in [6.45, 7) is 6.52. The molecule has 0 radical (unpaired) electrons. The minimum Gasteiger partial charge on any atom is -0.494 e. The quantitative estimate of drug-likeness (QED) is 0.276. The summed E-state index contributed by atoms with van der Waals surface area (Å²) in [5, 5.41) is 0. The summed E-state index contributed by atoms with van der Waals surface area (Å²) in [5.74, 6) is 0.980. The van der Waals surface area contributed by atoms with Gasteiger partial charge in [-0.3, -0.25) is 0 Å². The number of hydrogen-bond acceptors (Lipinski definition) is 2. The molecule has 2 heteroatoms. The first-order valence-electron chi connectivity index (χ1n) is 11.9. The van der Waals surface area contributed by atoms with Crippen molar-refractivity contribution < 1.29 is 4.74 Å². The zero-order valence-corrected chi connectivity index (χ0v) is 19.0. The van der Waals surface area contributed by atoms with E-state index in [-0.39, 0.29) is 0 Å². The van der Waals surface area contributed by atoms with Gasteiger partial charge in [-0.05, 0) is 87.0 Å². The second-order valence-electron chi connectivity index (χ2n) is 8.21. The lowest BCUT2D eigenvalue weighted by molar-refractivity contribution is 0.281. The molecule has 0 aromatic heterocycles. The van der Waals surface area contributed by atoms with Crippen molar-refractivity contribution in [3.63, 3.8) is 0 Å². The van der Waals surface area contributed by atoms with Crippen molar-refractivity contribution in [1.82, 2.24) is 4.90 Å². The van der Waals surface area contributed by atoms with Gasteiger partial charge in [-0.15, -0.1) is 0 Å². The third-order valence-corrected chi connectivity index (χ3v) is 5.81. The maximum absolute atomic E-state index is 5.92. The molecule has 0 atom stereocenters. The van der Waals surface area contributed by atoms with E-state index in [1.165, 1.54) is 49.0 Å². The van der Waals surface area contributed by atoms with Crippen LogP contribution in [-0.4, -0.2) is 31.1 Å². The van der Waals surface area contributed by atoms with Crippen molar-refractivity contribution in [2.24, 2.45) is 0 Å². The average Bonchev–Trinajstić information content (AvgIpc) is 2.83. The molecule has 0 spiro atoms. The van der Waals surface area contributed by atoms with Gasteiger partial charge in [-0.25, -0.2) is 0 Å². The second-order valence-corrected chi connectivity index (χ2v) is 8.21. The van der Waals surface area contributed by atoms with Gasteiger partial charge in [0, 0.05) is 0 Å². The fourth-order valence-corrected chi connectivity index (χ4v) is 3.95. The van der Waals surface area contributed by atoms with Gasteiger partial charge < -0.3 is 9.64 Å². The van der Waals surface area contributed by atoms with Crippen LogP contribution in [0.15, 0.2) is 84.9 Å². The highest BCUT2D eigenvalue weighted by Crippen LogP contribution is 2.15. The van der Waals surface area contributed by atoms with Gasteiger partial charge in [0.2, 0.25) is 0 Å². The van der Waals surface area contributed by atoms with E-state index in [4.69, 9.17) is 4.74 Å². The summed E-state index contributed by atoms with van der Waals surface area (Å²) < 4.78 is 5.92. The third kappa shape index (κ3) is 8.98. The lowest BCUT2D eigenvalue weighted by Crippen LogP contribution is -2.26. The maximum Gasteiger partial charge on any atom is 0.119 e. The second kappa shape index (κ2) is 13.7. The number of benzene rings is 3. The fourth-order valence-electron chi connectivity index (χ4n) is 3.95. The van der Waals surface area contributed by atoms with E-state index in [9.17, 15) is 0 Å². The van der Waals surface area contributed by atoms with E-state index in [1.54, 1.807) is 0 Å². The van der Waals surface area contributed by atoms with E-state index >= 15 is 0 Å². The van der Waals surface area contributed by atoms with Gasteiger partial charge in [0.1, 0.15) is 5.75 Å². The predicted molar refractivity (Wildman–Crippen MR) is 132 cm³/mol. The van der Waals surface area contributed by atoms with Crippen LogP contribution < -0.4 is 4.74 Å². The zero-order chi connectivity index (χ0) is 21.6. The number of hydrogen-bond donors (Lipinski definition) is 0. The molecule has 3 rings (SSSR count). The van der Waals surface area contributed by atoms with Crippen LogP contribution in [-0.2, 0) is 19.3 Å². The molecule has 0 saturated heterocycles. The van der Waals surface area contributed by atoms with Gasteiger partial charge in [0.25, 0.3) is 0 Å². The Balaban J connectivity index is 1.29. The highest BCUT2D eigenvalue weighted by molar-refractivity contribution is 5.27. The van der Waals surface area contributed by atoms with E-state index in [2.05, 4.69) is 96.8 Å². The van der Waals surface area contributed by atoms with E-state index in [0.29, 0.717) is 0 Å². The Kier molecular flexibility index (Phi) is 10.2. The van der Waals surface area contributed by atoms with Crippen LogP contribution in [0.2, 0.25) is 0 Å². The molecule has 0 fully saturated rings. The SMILES string of the molecule is CCN(CCCc1ccccc1)CCCc1ccc(OCCCc2ccccc2)cc1. The predicted octanol–water partition coefficient (Wildman–Crippen LogP) is 6.59. The minimum atomic E-state index is 0.767. The van der Waals surface area contributed by atoms with E-state index in [1.807, 2.05) is 0 Å². The molecule has 164 valence electrons. The lowest BCUT2D eigenvalue weighted by atomic mass is 10.1. The maximum atomic E-state index is 5.92. The lowest BCUT2D eigenvalue weighted by Gasteiger charge is -2.20. The molecular formula is C29H37NO. The largest absolute Gasteiger partial charge is 0.494 e. The standard InChI is InChI=1S/C29H37NO/c1-2-30(23-9-16-26-12-5-3-6-13-26)24-10-17-28-19-21-29(22-20-28)31-25-11-18-27-14-7-4-8-15-27/h3-8,12-15,19-22H,2,9-11,16-18,23-25H2,1H3. The number of ether oxygens (including phenoxy) is 1. The normalized spacial score (nSPS) is 11.0. The van der Waals surface area contributed by atoms with Crippen LogP contribution in [0.25, 0.3) is 0 Å². The van der Waals surface area contributed by atoms with Gasteiger partial charge in [-0.1, -0.05) is 79.7 Å². The highest BCUT2D eigenvalue weighted by Gasteiger charge is 2.04. The third-order valence-electron chi connectivity index (χ3n) is 5.81. The molecule has 0 N–H and O–H groups in total. The Morgan fingerprint density at radius 2 is 1.06 bits per heavy atom. The molecule has 0 heterocycles. The molecule has 0 aliphatic heterocycles. The first kappa shape index (κ1) is 23.1. The number of rotatable bonds is 14. The molecule has 0 aliphatic carbocycles. The summed E-state index contributed by atoms with van der Waals surface area (Å²) in [6, 6.07) is 30.1. The van der Waals surface area contributed by atoms with E-state index < -0.39 is 0 Å². The molecule has 2 nitrogen and oxygen atoms in total. The molecule has 3 aromatic rings. The number of nitrogens with zero attached hydrogens (tertiary/aromatic N) is 1. The van der Waals surface area contributed by atoms with E-state index in [0.717, 1.165) is 38.2 Å². The summed E-state index contributed by atoms with van der Waals surface area (Å²) in [4.78, 5) is 2.58. The molecule has 0 amide bonds. The van der Waals surface area contributed by atoms with Crippen molar-refractivity contribution in [2.45, 2.75) is 45.4 Å². The van der Waals surface area contributed by atoms with Crippen molar-refractivity contribution in [3.8, 4) is 5.75 Å². The molecule has 31 heavy (non-hydrogen) atoms. The number of aryl methyl sites for hydroxylation is 3. The Morgan fingerprint density at radius 3 is 1.58 bits per heavy atom. The van der Waals surface area contributed by atoms with Crippen LogP contribution >= 0.6 is 0 Å². The van der Waals surface area contributed by atoms with Crippen LogP contribution in [0, 0.1) is 0 Å².